The number of hydrogen-bond acceptors (Lipinski definition) is 4. The summed E-state index contributed by atoms with van der Waals surface area (Å²) in [6.07, 6.45) is 1.82. The van der Waals surface area contributed by atoms with Gasteiger partial charge in [0.15, 0.2) is 5.82 Å². The van der Waals surface area contributed by atoms with Crippen molar-refractivity contribution in [2.45, 2.75) is 0 Å². The van der Waals surface area contributed by atoms with Gasteiger partial charge in [-0.05, 0) is 34.4 Å². The van der Waals surface area contributed by atoms with Gasteiger partial charge in [-0.15, -0.1) is 11.3 Å². The highest BCUT2D eigenvalue weighted by Crippen LogP contribution is 2.23. The molecule has 4 rings (SSSR count). The molecule has 1 N–H and O–H groups in total. The van der Waals surface area contributed by atoms with Crippen molar-refractivity contribution in [1.29, 1.82) is 0 Å². The second-order valence-corrected chi connectivity index (χ2v) is 6.29. The minimum atomic E-state index is 0.477. The number of thiophene rings is 1. The summed E-state index contributed by atoms with van der Waals surface area (Å²) in [7, 11) is 0. The van der Waals surface area contributed by atoms with E-state index in [1.54, 1.807) is 16.0 Å². The van der Waals surface area contributed by atoms with E-state index in [4.69, 9.17) is 12.2 Å². The fourth-order valence-corrected chi connectivity index (χ4v) is 3.32. The standard InChI is InChI=1S/C17H12N4S2/c22-17-20-19-16(15-9-4-10-23-15)21(17)18-11-13-7-3-6-12-5-1-2-8-14(12)13/h1-11H,(H,20,22)/b18-11-. The van der Waals surface area contributed by atoms with Crippen molar-refractivity contribution in [3.8, 4) is 10.7 Å². The molecular formula is C17H12N4S2. The molecule has 0 saturated carbocycles. The van der Waals surface area contributed by atoms with E-state index in [1.807, 2.05) is 48.0 Å². The van der Waals surface area contributed by atoms with Crippen LogP contribution in [0.4, 0.5) is 0 Å². The predicted octanol–water partition coefficient (Wildman–Crippen LogP) is 4.70. The molecule has 23 heavy (non-hydrogen) atoms. The molecule has 0 saturated heterocycles. The van der Waals surface area contributed by atoms with Gasteiger partial charge < -0.3 is 0 Å². The summed E-state index contributed by atoms with van der Waals surface area (Å²) in [4.78, 5) is 1.02. The molecule has 0 bridgehead atoms. The molecule has 0 amide bonds. The smallest absolute Gasteiger partial charge is 0.216 e. The van der Waals surface area contributed by atoms with Crippen LogP contribution in [-0.4, -0.2) is 21.1 Å². The number of nitrogens with zero attached hydrogens (tertiary/aromatic N) is 3. The lowest BCUT2D eigenvalue weighted by atomic mass is 10.1. The zero-order valence-corrected chi connectivity index (χ0v) is 13.6. The first-order chi connectivity index (χ1) is 11.3. The molecule has 2 heterocycles. The number of aromatic nitrogens is 3. The van der Waals surface area contributed by atoms with Crippen molar-refractivity contribution in [3.05, 3.63) is 70.3 Å². The summed E-state index contributed by atoms with van der Waals surface area (Å²) in [5.41, 5.74) is 1.04. The van der Waals surface area contributed by atoms with Gasteiger partial charge in [0.05, 0.1) is 11.1 Å². The molecule has 6 heteroatoms. The van der Waals surface area contributed by atoms with Gasteiger partial charge in [0, 0.05) is 5.56 Å². The van der Waals surface area contributed by atoms with Crippen LogP contribution in [0.3, 0.4) is 0 Å². The Balaban J connectivity index is 1.80. The molecule has 2 aromatic heterocycles. The second-order valence-electron chi connectivity index (χ2n) is 4.95. The third-order valence-electron chi connectivity index (χ3n) is 3.53. The topological polar surface area (TPSA) is 46.0 Å². The average molecular weight is 336 g/mol. The Morgan fingerprint density at radius 2 is 1.96 bits per heavy atom. The second kappa shape index (κ2) is 5.91. The van der Waals surface area contributed by atoms with Crippen LogP contribution in [0.15, 0.2) is 65.1 Å². The van der Waals surface area contributed by atoms with Gasteiger partial charge in [0.2, 0.25) is 4.77 Å². The molecule has 0 fully saturated rings. The Morgan fingerprint density at radius 1 is 1.09 bits per heavy atom. The normalized spacial score (nSPS) is 11.5. The highest BCUT2D eigenvalue weighted by atomic mass is 32.1. The Hall–Kier alpha value is -2.57. The van der Waals surface area contributed by atoms with Crippen molar-refractivity contribution < 1.29 is 0 Å². The van der Waals surface area contributed by atoms with Gasteiger partial charge >= 0.3 is 0 Å². The van der Waals surface area contributed by atoms with Crippen LogP contribution < -0.4 is 0 Å². The number of benzene rings is 2. The number of aromatic amines is 1. The van der Waals surface area contributed by atoms with Gasteiger partial charge in [0.1, 0.15) is 0 Å². The largest absolute Gasteiger partial charge is 0.250 e. The fraction of sp³-hybridized carbons (Fsp3) is 0. The summed E-state index contributed by atoms with van der Waals surface area (Å²) < 4.78 is 2.13. The van der Waals surface area contributed by atoms with Crippen molar-refractivity contribution in [1.82, 2.24) is 14.9 Å². The van der Waals surface area contributed by atoms with Gasteiger partial charge in [0.25, 0.3) is 0 Å². The van der Waals surface area contributed by atoms with Crippen LogP contribution in [-0.2, 0) is 0 Å². The average Bonchev–Trinajstić information content (AvgIpc) is 3.22. The van der Waals surface area contributed by atoms with Crippen molar-refractivity contribution in [3.63, 3.8) is 0 Å². The molecule has 0 aliphatic heterocycles. The predicted molar refractivity (Wildman–Crippen MR) is 97.7 cm³/mol. The van der Waals surface area contributed by atoms with Gasteiger partial charge in [-0.25, -0.2) is 5.10 Å². The van der Waals surface area contributed by atoms with Crippen LogP contribution in [0, 0.1) is 4.77 Å². The molecule has 0 atom stereocenters. The quantitative estimate of drug-likeness (QED) is 0.435. The van der Waals surface area contributed by atoms with E-state index in [-0.39, 0.29) is 0 Å². The Kier molecular flexibility index (Phi) is 3.61. The maximum absolute atomic E-state index is 5.29. The molecule has 4 nitrogen and oxygen atoms in total. The number of rotatable bonds is 3. The van der Waals surface area contributed by atoms with Crippen molar-refractivity contribution >= 4 is 40.5 Å². The van der Waals surface area contributed by atoms with E-state index in [0.717, 1.165) is 21.7 Å². The lowest BCUT2D eigenvalue weighted by molar-refractivity contribution is 0.873. The zero-order chi connectivity index (χ0) is 15.6. The lowest BCUT2D eigenvalue weighted by Crippen LogP contribution is -1.94. The van der Waals surface area contributed by atoms with Crippen molar-refractivity contribution in [2.75, 3.05) is 0 Å². The van der Waals surface area contributed by atoms with E-state index in [0.29, 0.717) is 4.77 Å². The van der Waals surface area contributed by atoms with Gasteiger partial charge in [-0.2, -0.15) is 14.9 Å². The maximum atomic E-state index is 5.29. The molecule has 112 valence electrons. The molecule has 0 aliphatic carbocycles. The zero-order valence-electron chi connectivity index (χ0n) is 12.0. The number of H-pyrrole nitrogens is 1. The highest BCUT2D eigenvalue weighted by molar-refractivity contribution is 7.71. The summed E-state index contributed by atoms with van der Waals surface area (Å²) >= 11 is 6.90. The summed E-state index contributed by atoms with van der Waals surface area (Å²) in [6.45, 7) is 0. The maximum Gasteiger partial charge on any atom is 0.216 e. The molecule has 0 aliphatic rings. The third kappa shape index (κ3) is 2.62. The summed E-state index contributed by atoms with van der Waals surface area (Å²) in [5, 5.41) is 16.0. The Bertz CT molecular complexity index is 1040. The summed E-state index contributed by atoms with van der Waals surface area (Å²) in [6, 6.07) is 18.4. The van der Waals surface area contributed by atoms with Crippen LogP contribution in [0.2, 0.25) is 0 Å². The molecular weight excluding hydrogens is 324 g/mol. The molecule has 0 spiro atoms. The van der Waals surface area contributed by atoms with Crippen LogP contribution >= 0.6 is 23.6 Å². The Morgan fingerprint density at radius 3 is 2.83 bits per heavy atom. The highest BCUT2D eigenvalue weighted by Gasteiger charge is 2.08. The minimum Gasteiger partial charge on any atom is -0.250 e. The van der Waals surface area contributed by atoms with E-state index in [2.05, 4.69) is 33.5 Å². The monoisotopic (exact) mass is 336 g/mol. The molecule has 2 aromatic carbocycles. The van der Waals surface area contributed by atoms with E-state index in [1.165, 1.54) is 5.39 Å². The fourth-order valence-electron chi connectivity index (χ4n) is 2.45. The van der Waals surface area contributed by atoms with E-state index >= 15 is 0 Å². The first-order valence-corrected chi connectivity index (χ1v) is 8.35. The first-order valence-electron chi connectivity index (χ1n) is 7.06. The van der Waals surface area contributed by atoms with E-state index in [9.17, 15) is 0 Å². The molecule has 4 aromatic rings. The Labute approximate surface area is 141 Å². The number of nitrogens with one attached hydrogen (secondary N) is 1. The van der Waals surface area contributed by atoms with E-state index < -0.39 is 0 Å². The number of fused-ring (bicyclic) bond motifs is 1. The molecule has 0 unspecified atom stereocenters. The van der Waals surface area contributed by atoms with Crippen LogP contribution in [0.5, 0.6) is 0 Å². The lowest BCUT2D eigenvalue weighted by Gasteiger charge is -2.02. The number of hydrogen-bond donors (Lipinski definition) is 1. The first kappa shape index (κ1) is 14.0. The third-order valence-corrected chi connectivity index (χ3v) is 4.66. The SMILES string of the molecule is S=c1[nH]nc(-c2cccs2)n1/N=C\c1cccc2ccccc12. The molecule has 0 radical (unpaired) electrons. The van der Waals surface area contributed by atoms with Gasteiger partial charge in [-0.1, -0.05) is 48.5 Å². The minimum absolute atomic E-state index is 0.477. The van der Waals surface area contributed by atoms with Crippen LogP contribution in [0.1, 0.15) is 5.56 Å². The van der Waals surface area contributed by atoms with Crippen LogP contribution in [0.25, 0.3) is 21.5 Å². The van der Waals surface area contributed by atoms with Gasteiger partial charge in [-0.3, -0.25) is 0 Å². The summed E-state index contributed by atoms with van der Waals surface area (Å²) in [5.74, 6) is 0.724. The van der Waals surface area contributed by atoms with Crippen molar-refractivity contribution in [2.24, 2.45) is 5.10 Å².